The monoisotopic (exact) mass is 401 g/mol. The van der Waals surface area contributed by atoms with Gasteiger partial charge >= 0.3 is 0 Å². The van der Waals surface area contributed by atoms with E-state index < -0.39 is 4.92 Å². The van der Waals surface area contributed by atoms with E-state index in [1.807, 2.05) is 0 Å². The molecule has 0 unspecified atom stereocenters. The maximum Gasteiger partial charge on any atom is 0.270 e. The molecule has 0 spiro atoms. The lowest BCUT2D eigenvalue weighted by Gasteiger charge is -2.17. The molecule has 0 saturated heterocycles. The van der Waals surface area contributed by atoms with Crippen molar-refractivity contribution in [3.05, 3.63) is 63.7 Å². The Hall–Kier alpha value is -2.45. The van der Waals surface area contributed by atoms with Crippen LogP contribution in [0.5, 0.6) is 0 Å². The Balaban J connectivity index is 1.59. The number of aryl methyl sites for hydroxylation is 1. The molecule has 1 heterocycles. The van der Waals surface area contributed by atoms with Crippen molar-refractivity contribution in [1.82, 2.24) is 9.88 Å². The fourth-order valence-electron chi connectivity index (χ4n) is 2.54. The number of carbonyl (C=O) groups excluding carboxylic acids is 1. The van der Waals surface area contributed by atoms with Gasteiger partial charge in [-0.2, -0.15) is 0 Å². The van der Waals surface area contributed by atoms with Gasteiger partial charge in [0.1, 0.15) is 0 Å². The summed E-state index contributed by atoms with van der Waals surface area (Å²) in [6, 6.07) is 12.9. The summed E-state index contributed by atoms with van der Waals surface area (Å²) in [7, 11) is 1.79. The molecule has 0 fully saturated rings. The van der Waals surface area contributed by atoms with Crippen molar-refractivity contribution >= 4 is 44.9 Å². The van der Waals surface area contributed by atoms with Gasteiger partial charge in [-0.15, -0.1) is 11.3 Å². The lowest BCUT2D eigenvalue weighted by atomic mass is 10.1. The Morgan fingerprint density at radius 2 is 1.93 bits per heavy atom. The number of rotatable bonds is 7. The van der Waals surface area contributed by atoms with Crippen LogP contribution in [0.4, 0.5) is 5.69 Å². The first kappa shape index (κ1) is 19.3. The Morgan fingerprint density at radius 3 is 2.59 bits per heavy atom. The lowest BCUT2D eigenvalue weighted by molar-refractivity contribution is -0.384. The number of benzene rings is 2. The van der Waals surface area contributed by atoms with Gasteiger partial charge < -0.3 is 4.90 Å². The molecule has 3 rings (SSSR count). The SMILES string of the molecule is CCc1ccc(CN(C)C(=O)CSc2nc3ccc([N+](=O)[O-])cc3s2)cc1. The molecule has 0 radical (unpaired) electrons. The number of thioether (sulfide) groups is 1. The fourth-order valence-corrected chi connectivity index (χ4v) is 4.59. The van der Waals surface area contributed by atoms with E-state index in [1.54, 1.807) is 18.0 Å². The van der Waals surface area contributed by atoms with Crippen molar-refractivity contribution in [2.24, 2.45) is 0 Å². The molecule has 0 N–H and O–H groups in total. The molecular formula is C19H19N3O3S2. The van der Waals surface area contributed by atoms with Gasteiger partial charge in [0, 0.05) is 25.7 Å². The quantitative estimate of drug-likeness (QED) is 0.331. The smallest absolute Gasteiger partial charge is 0.270 e. The molecule has 1 aromatic heterocycles. The zero-order valence-corrected chi connectivity index (χ0v) is 16.7. The number of hydrogen-bond acceptors (Lipinski definition) is 6. The molecule has 27 heavy (non-hydrogen) atoms. The van der Waals surface area contributed by atoms with Crippen LogP contribution in [0, 0.1) is 10.1 Å². The molecule has 3 aromatic rings. The Labute approximate surface area is 165 Å². The number of nitrogens with zero attached hydrogens (tertiary/aromatic N) is 3. The number of hydrogen-bond donors (Lipinski definition) is 0. The molecule has 0 aliphatic rings. The van der Waals surface area contributed by atoms with Gasteiger partial charge in [-0.3, -0.25) is 14.9 Å². The van der Waals surface area contributed by atoms with Crippen molar-refractivity contribution in [2.45, 2.75) is 24.2 Å². The summed E-state index contributed by atoms with van der Waals surface area (Å²) >= 11 is 2.73. The van der Waals surface area contributed by atoms with Crippen LogP contribution in [-0.2, 0) is 17.8 Å². The molecule has 6 nitrogen and oxygen atoms in total. The van der Waals surface area contributed by atoms with Crippen LogP contribution >= 0.6 is 23.1 Å². The van der Waals surface area contributed by atoms with E-state index in [2.05, 4.69) is 36.2 Å². The number of fused-ring (bicyclic) bond motifs is 1. The van der Waals surface area contributed by atoms with Gasteiger partial charge in [-0.25, -0.2) is 4.98 Å². The van der Waals surface area contributed by atoms with Gasteiger partial charge in [0.15, 0.2) is 4.34 Å². The van der Waals surface area contributed by atoms with E-state index in [9.17, 15) is 14.9 Å². The van der Waals surface area contributed by atoms with E-state index in [4.69, 9.17) is 0 Å². The van der Waals surface area contributed by atoms with E-state index in [1.165, 1.54) is 40.8 Å². The van der Waals surface area contributed by atoms with Crippen molar-refractivity contribution < 1.29 is 9.72 Å². The number of amides is 1. The highest BCUT2D eigenvalue weighted by Gasteiger charge is 2.14. The third kappa shape index (κ3) is 4.84. The van der Waals surface area contributed by atoms with E-state index in [-0.39, 0.29) is 17.3 Å². The summed E-state index contributed by atoms with van der Waals surface area (Å²) in [5.41, 5.74) is 3.14. The van der Waals surface area contributed by atoms with E-state index in [0.717, 1.165) is 21.0 Å². The first-order chi connectivity index (χ1) is 13.0. The van der Waals surface area contributed by atoms with Crippen LogP contribution in [0.3, 0.4) is 0 Å². The molecule has 0 aliphatic heterocycles. The lowest BCUT2D eigenvalue weighted by Crippen LogP contribution is -2.27. The van der Waals surface area contributed by atoms with Gasteiger partial charge in [-0.1, -0.05) is 43.0 Å². The summed E-state index contributed by atoms with van der Waals surface area (Å²) in [6.07, 6.45) is 0.997. The highest BCUT2D eigenvalue weighted by Crippen LogP contribution is 2.31. The number of thiazole rings is 1. The standard InChI is InChI=1S/C19H19N3O3S2/c1-3-13-4-6-14(7-5-13)11-21(2)18(23)12-26-19-20-16-9-8-15(22(24)25)10-17(16)27-19/h4-10H,3,11-12H2,1-2H3. The molecule has 140 valence electrons. The average Bonchev–Trinajstić information content (AvgIpc) is 3.08. The Morgan fingerprint density at radius 1 is 1.22 bits per heavy atom. The third-order valence-electron chi connectivity index (χ3n) is 4.16. The van der Waals surface area contributed by atoms with Crippen molar-refractivity contribution in [3.63, 3.8) is 0 Å². The zero-order valence-electron chi connectivity index (χ0n) is 15.0. The maximum absolute atomic E-state index is 12.4. The van der Waals surface area contributed by atoms with Crippen molar-refractivity contribution in [1.29, 1.82) is 0 Å². The van der Waals surface area contributed by atoms with Crippen molar-refractivity contribution in [2.75, 3.05) is 12.8 Å². The second-order valence-corrected chi connectivity index (χ2v) is 8.35. The van der Waals surface area contributed by atoms with Crippen LogP contribution in [0.15, 0.2) is 46.8 Å². The number of nitro groups is 1. The van der Waals surface area contributed by atoms with Crippen LogP contribution < -0.4 is 0 Å². The first-order valence-corrected chi connectivity index (χ1v) is 10.3. The Bertz CT molecular complexity index is 970. The minimum Gasteiger partial charge on any atom is -0.341 e. The normalized spacial score (nSPS) is 10.9. The van der Waals surface area contributed by atoms with E-state index in [0.29, 0.717) is 12.1 Å². The molecule has 2 aromatic carbocycles. The number of non-ortho nitro benzene ring substituents is 1. The number of nitro benzene ring substituents is 1. The summed E-state index contributed by atoms with van der Waals surface area (Å²) in [4.78, 5) is 29.0. The minimum atomic E-state index is -0.419. The van der Waals surface area contributed by atoms with Crippen molar-refractivity contribution in [3.8, 4) is 0 Å². The fraction of sp³-hybridized carbons (Fsp3) is 0.263. The van der Waals surface area contributed by atoms with Crippen LogP contribution in [0.1, 0.15) is 18.1 Å². The predicted molar refractivity (Wildman–Crippen MR) is 109 cm³/mol. The molecule has 0 aliphatic carbocycles. The average molecular weight is 402 g/mol. The van der Waals surface area contributed by atoms with Crippen LogP contribution in [0.25, 0.3) is 10.2 Å². The molecule has 0 saturated carbocycles. The number of carbonyl (C=O) groups is 1. The highest BCUT2D eigenvalue weighted by molar-refractivity contribution is 8.01. The number of aromatic nitrogens is 1. The van der Waals surface area contributed by atoms with Gasteiger partial charge in [0.25, 0.3) is 5.69 Å². The van der Waals surface area contributed by atoms with Crippen LogP contribution in [-0.4, -0.2) is 33.5 Å². The maximum atomic E-state index is 12.4. The summed E-state index contributed by atoms with van der Waals surface area (Å²) < 4.78 is 1.49. The zero-order chi connectivity index (χ0) is 19.4. The summed E-state index contributed by atoms with van der Waals surface area (Å²) in [6.45, 7) is 2.68. The first-order valence-electron chi connectivity index (χ1n) is 8.46. The van der Waals surface area contributed by atoms with Gasteiger partial charge in [0.2, 0.25) is 5.91 Å². The summed E-state index contributed by atoms with van der Waals surface area (Å²) in [5, 5.41) is 10.9. The van der Waals surface area contributed by atoms with Gasteiger partial charge in [-0.05, 0) is 23.6 Å². The Kier molecular flexibility index (Phi) is 6.08. The molecule has 0 atom stereocenters. The molecule has 8 heteroatoms. The second kappa shape index (κ2) is 8.49. The molecule has 1 amide bonds. The minimum absolute atomic E-state index is 0.0183. The van der Waals surface area contributed by atoms with Gasteiger partial charge in [0.05, 0.1) is 20.9 Å². The largest absolute Gasteiger partial charge is 0.341 e. The summed E-state index contributed by atoms with van der Waals surface area (Å²) in [5.74, 6) is 0.302. The topological polar surface area (TPSA) is 76.3 Å². The highest BCUT2D eigenvalue weighted by atomic mass is 32.2. The third-order valence-corrected chi connectivity index (χ3v) is 6.30. The molecular weight excluding hydrogens is 382 g/mol. The van der Waals surface area contributed by atoms with Crippen LogP contribution in [0.2, 0.25) is 0 Å². The molecule has 0 bridgehead atoms. The predicted octanol–water partition coefficient (Wildman–Crippen LogP) is 4.52. The second-order valence-electron chi connectivity index (χ2n) is 6.10. The van der Waals surface area contributed by atoms with E-state index >= 15 is 0 Å².